The number of hydrogen-bond acceptors (Lipinski definition) is 6. The molecule has 2 aromatic rings. The maximum atomic E-state index is 8.66. The molecule has 1 aromatic heterocycles. The van der Waals surface area contributed by atoms with Crippen LogP contribution >= 0.6 is 11.8 Å². The van der Waals surface area contributed by atoms with Gasteiger partial charge < -0.3 is 14.8 Å². The van der Waals surface area contributed by atoms with E-state index in [-0.39, 0.29) is 6.61 Å². The Bertz CT molecular complexity index is 490. The molecule has 0 fully saturated rings. The van der Waals surface area contributed by atoms with Crippen LogP contribution in [0, 0.1) is 0 Å². The summed E-state index contributed by atoms with van der Waals surface area (Å²) >= 11 is 1.83. The highest BCUT2D eigenvalue weighted by Gasteiger charge is 2.07. The molecule has 0 amide bonds. The summed E-state index contributed by atoms with van der Waals surface area (Å²) in [6.07, 6.45) is 0.856. The molecule has 1 aromatic carbocycles. The number of rotatable bonds is 9. The number of aliphatic hydroxyl groups is 1. The topological polar surface area (TPSA) is 71.2 Å². The normalized spacial score (nSPS) is 10.8. The van der Waals surface area contributed by atoms with Gasteiger partial charge in [-0.3, -0.25) is 0 Å². The molecule has 20 heavy (non-hydrogen) atoms. The van der Waals surface area contributed by atoms with Crippen molar-refractivity contribution in [3.63, 3.8) is 0 Å². The molecule has 6 heteroatoms. The number of aromatic nitrogens is 2. The second-order valence-electron chi connectivity index (χ2n) is 4.23. The molecular formula is C14H19N3O2S. The van der Waals surface area contributed by atoms with Gasteiger partial charge in [-0.2, -0.15) is 11.8 Å². The minimum absolute atomic E-state index is 0.269. The number of nitrogens with zero attached hydrogens (tertiary/aromatic N) is 2. The van der Waals surface area contributed by atoms with Crippen molar-refractivity contribution in [1.29, 1.82) is 0 Å². The molecule has 0 atom stereocenters. The first kappa shape index (κ1) is 15.0. The van der Waals surface area contributed by atoms with E-state index in [0.29, 0.717) is 18.3 Å². The van der Waals surface area contributed by atoms with E-state index >= 15 is 0 Å². The Morgan fingerprint density at radius 2 is 2.00 bits per heavy atom. The molecule has 0 radical (unpaired) electrons. The van der Waals surface area contributed by atoms with E-state index in [1.165, 1.54) is 0 Å². The summed E-state index contributed by atoms with van der Waals surface area (Å²) in [5, 5.41) is 20.0. The summed E-state index contributed by atoms with van der Waals surface area (Å²) in [6, 6.07) is 9.74. The van der Waals surface area contributed by atoms with Crippen LogP contribution in [0.4, 0.5) is 0 Å². The third-order valence-electron chi connectivity index (χ3n) is 2.63. The lowest BCUT2D eigenvalue weighted by atomic mass is 10.2. The highest BCUT2D eigenvalue weighted by Crippen LogP contribution is 2.16. The molecule has 0 saturated heterocycles. The van der Waals surface area contributed by atoms with Crippen LogP contribution in [0.1, 0.15) is 12.3 Å². The Kier molecular flexibility index (Phi) is 6.56. The molecule has 2 rings (SSSR count). The third-order valence-corrected chi connectivity index (χ3v) is 3.70. The Balaban J connectivity index is 1.69. The van der Waals surface area contributed by atoms with Crippen LogP contribution in [0.3, 0.4) is 0 Å². The van der Waals surface area contributed by atoms with E-state index < -0.39 is 0 Å². The summed E-state index contributed by atoms with van der Waals surface area (Å²) in [5.41, 5.74) is 0.936. The third kappa shape index (κ3) is 4.96. The van der Waals surface area contributed by atoms with Gasteiger partial charge in [0, 0.05) is 24.5 Å². The van der Waals surface area contributed by atoms with Gasteiger partial charge in [0.2, 0.25) is 11.8 Å². The number of hydrogen-bond donors (Lipinski definition) is 2. The van der Waals surface area contributed by atoms with Crippen molar-refractivity contribution in [1.82, 2.24) is 15.5 Å². The lowest BCUT2D eigenvalue weighted by Crippen LogP contribution is -2.17. The van der Waals surface area contributed by atoms with E-state index in [1.807, 2.05) is 42.1 Å². The zero-order valence-corrected chi connectivity index (χ0v) is 12.1. The number of benzene rings is 1. The van der Waals surface area contributed by atoms with Gasteiger partial charge in [-0.15, -0.1) is 10.2 Å². The standard InChI is InChI=1S/C14H19N3O2S/c18-8-4-9-20-10-7-15-11-13-16-17-14(19-13)12-5-2-1-3-6-12/h1-3,5-6,15,18H,4,7-11H2. The van der Waals surface area contributed by atoms with Crippen molar-refractivity contribution in [2.24, 2.45) is 0 Å². The predicted octanol–water partition coefficient (Wildman–Crippen LogP) is 1.94. The van der Waals surface area contributed by atoms with Crippen molar-refractivity contribution in [2.75, 3.05) is 24.7 Å². The molecule has 1 heterocycles. The van der Waals surface area contributed by atoms with Crippen molar-refractivity contribution in [2.45, 2.75) is 13.0 Å². The first-order chi connectivity index (χ1) is 9.90. The summed E-state index contributed by atoms with van der Waals surface area (Å²) < 4.78 is 5.59. The van der Waals surface area contributed by atoms with E-state index in [9.17, 15) is 0 Å². The van der Waals surface area contributed by atoms with Crippen LogP contribution in [0.5, 0.6) is 0 Å². The van der Waals surface area contributed by atoms with Crippen LogP contribution in [-0.4, -0.2) is 40.0 Å². The van der Waals surface area contributed by atoms with E-state index in [2.05, 4.69) is 15.5 Å². The Morgan fingerprint density at radius 1 is 1.15 bits per heavy atom. The molecule has 108 valence electrons. The Morgan fingerprint density at radius 3 is 2.80 bits per heavy atom. The Hall–Kier alpha value is -1.37. The van der Waals surface area contributed by atoms with Gasteiger partial charge in [0.25, 0.3) is 0 Å². The molecule has 0 aliphatic rings. The van der Waals surface area contributed by atoms with E-state index in [1.54, 1.807) is 0 Å². The van der Waals surface area contributed by atoms with Crippen molar-refractivity contribution < 1.29 is 9.52 Å². The molecule has 5 nitrogen and oxygen atoms in total. The summed E-state index contributed by atoms with van der Waals surface area (Å²) in [7, 11) is 0. The lowest BCUT2D eigenvalue weighted by Gasteiger charge is -2.01. The molecule has 0 unspecified atom stereocenters. The average molecular weight is 293 g/mol. The molecule has 0 spiro atoms. The van der Waals surface area contributed by atoms with Crippen LogP contribution in [0.25, 0.3) is 11.5 Å². The van der Waals surface area contributed by atoms with E-state index in [4.69, 9.17) is 9.52 Å². The van der Waals surface area contributed by atoms with Gasteiger partial charge in [-0.1, -0.05) is 18.2 Å². The van der Waals surface area contributed by atoms with E-state index in [0.717, 1.165) is 30.0 Å². The minimum Gasteiger partial charge on any atom is -0.419 e. The number of nitrogens with one attached hydrogen (secondary N) is 1. The second kappa shape index (κ2) is 8.73. The smallest absolute Gasteiger partial charge is 0.247 e. The van der Waals surface area contributed by atoms with Gasteiger partial charge in [-0.25, -0.2) is 0 Å². The van der Waals surface area contributed by atoms with Crippen LogP contribution in [0.2, 0.25) is 0 Å². The monoisotopic (exact) mass is 293 g/mol. The molecule has 0 aliphatic carbocycles. The first-order valence-electron chi connectivity index (χ1n) is 6.67. The van der Waals surface area contributed by atoms with Crippen LogP contribution in [0.15, 0.2) is 34.7 Å². The molecule has 0 saturated carbocycles. The fourth-order valence-electron chi connectivity index (χ4n) is 1.63. The van der Waals surface area contributed by atoms with Gasteiger partial charge >= 0.3 is 0 Å². The summed E-state index contributed by atoms with van der Waals surface area (Å²) in [6.45, 7) is 1.74. The van der Waals surface area contributed by atoms with Gasteiger partial charge in [-0.05, 0) is 24.3 Å². The maximum Gasteiger partial charge on any atom is 0.247 e. The van der Waals surface area contributed by atoms with Gasteiger partial charge in [0.1, 0.15) is 0 Å². The second-order valence-corrected chi connectivity index (χ2v) is 5.46. The summed E-state index contributed by atoms with van der Waals surface area (Å²) in [5.74, 6) is 3.17. The zero-order valence-electron chi connectivity index (χ0n) is 11.3. The Labute approximate surface area is 122 Å². The van der Waals surface area contributed by atoms with Crippen molar-refractivity contribution in [3.8, 4) is 11.5 Å². The van der Waals surface area contributed by atoms with Gasteiger partial charge in [0.15, 0.2) is 0 Å². The maximum absolute atomic E-state index is 8.66. The molecule has 0 bridgehead atoms. The fourth-order valence-corrected chi connectivity index (χ4v) is 2.46. The first-order valence-corrected chi connectivity index (χ1v) is 7.83. The highest BCUT2D eigenvalue weighted by atomic mass is 32.2. The molecular weight excluding hydrogens is 274 g/mol. The zero-order chi connectivity index (χ0) is 14.0. The molecule has 0 aliphatic heterocycles. The summed E-state index contributed by atoms with van der Waals surface area (Å²) in [4.78, 5) is 0. The largest absolute Gasteiger partial charge is 0.419 e. The number of aliphatic hydroxyl groups excluding tert-OH is 1. The highest BCUT2D eigenvalue weighted by molar-refractivity contribution is 7.99. The fraction of sp³-hybridized carbons (Fsp3) is 0.429. The SMILES string of the molecule is OCCCSCCNCc1nnc(-c2ccccc2)o1. The number of thioether (sulfide) groups is 1. The average Bonchev–Trinajstić information content (AvgIpc) is 2.96. The lowest BCUT2D eigenvalue weighted by molar-refractivity contribution is 0.296. The molecule has 2 N–H and O–H groups in total. The quantitative estimate of drug-likeness (QED) is 0.689. The minimum atomic E-state index is 0.269. The van der Waals surface area contributed by atoms with Crippen LogP contribution < -0.4 is 5.32 Å². The predicted molar refractivity (Wildman–Crippen MR) is 80.5 cm³/mol. The van der Waals surface area contributed by atoms with Crippen molar-refractivity contribution in [3.05, 3.63) is 36.2 Å². The van der Waals surface area contributed by atoms with Crippen LogP contribution in [-0.2, 0) is 6.54 Å². The van der Waals surface area contributed by atoms with Crippen molar-refractivity contribution >= 4 is 11.8 Å². The van der Waals surface area contributed by atoms with Gasteiger partial charge in [0.05, 0.1) is 6.54 Å².